The molecular formula is C8H7KNO2. The Morgan fingerprint density at radius 3 is 2.83 bits per heavy atom. The summed E-state index contributed by atoms with van der Waals surface area (Å²) in [5.74, 6) is -0.160. The molecule has 1 heterocycles. The van der Waals surface area contributed by atoms with Crippen LogP contribution in [0.3, 0.4) is 0 Å². The van der Waals surface area contributed by atoms with Gasteiger partial charge in [-0.2, -0.15) is 0 Å². The van der Waals surface area contributed by atoms with Crippen molar-refractivity contribution in [2.75, 3.05) is 0 Å². The maximum Gasteiger partial charge on any atom is 0.275 e. The maximum atomic E-state index is 11.0. The van der Waals surface area contributed by atoms with Crippen LogP contribution in [0.2, 0.25) is 0 Å². The van der Waals surface area contributed by atoms with E-state index in [2.05, 4.69) is 5.48 Å². The first kappa shape index (κ1) is 10.4. The third-order valence-electron chi connectivity index (χ3n) is 1.65. The minimum Gasteiger partial charge on any atom is -0.269 e. The molecule has 1 radical (unpaired) electrons. The Morgan fingerprint density at radius 1 is 1.33 bits per heavy atom. The molecule has 0 fully saturated rings. The van der Waals surface area contributed by atoms with Crippen molar-refractivity contribution >= 4 is 57.3 Å². The summed E-state index contributed by atoms with van der Waals surface area (Å²) in [6.07, 6.45) is 0. The fourth-order valence-electron chi connectivity index (χ4n) is 1.10. The van der Waals surface area contributed by atoms with E-state index in [1.807, 2.05) is 18.2 Å². The molecule has 1 N–H and O–H groups in total. The van der Waals surface area contributed by atoms with Gasteiger partial charge in [-0.1, -0.05) is 18.2 Å². The number of hydrogen-bond donors (Lipinski definition) is 1. The Hall–Kier alpha value is 0.286. The summed E-state index contributed by atoms with van der Waals surface area (Å²) in [5.41, 5.74) is 3.95. The Morgan fingerprint density at radius 2 is 2.08 bits per heavy atom. The summed E-state index contributed by atoms with van der Waals surface area (Å²) in [5, 5.41) is 0. The van der Waals surface area contributed by atoms with Gasteiger partial charge in [0.15, 0.2) is 0 Å². The zero-order valence-electron chi connectivity index (χ0n) is 6.83. The summed E-state index contributed by atoms with van der Waals surface area (Å²) in [7, 11) is 0. The van der Waals surface area contributed by atoms with E-state index in [0.29, 0.717) is 12.2 Å². The predicted molar refractivity (Wildman–Crippen MR) is 44.5 cm³/mol. The van der Waals surface area contributed by atoms with Crippen LogP contribution in [0.5, 0.6) is 0 Å². The summed E-state index contributed by atoms with van der Waals surface area (Å²) in [6, 6.07) is 7.39. The second kappa shape index (κ2) is 4.50. The van der Waals surface area contributed by atoms with Gasteiger partial charge in [0, 0.05) is 56.9 Å². The molecular weight excluding hydrogens is 181 g/mol. The number of hydrogen-bond acceptors (Lipinski definition) is 2. The maximum absolute atomic E-state index is 11.0. The number of amides is 1. The number of carbonyl (C=O) groups excluding carboxylic acids is 1. The summed E-state index contributed by atoms with van der Waals surface area (Å²) < 4.78 is 0. The van der Waals surface area contributed by atoms with Crippen LogP contribution in [0.4, 0.5) is 0 Å². The molecule has 1 amide bonds. The third-order valence-corrected chi connectivity index (χ3v) is 1.65. The molecule has 0 unspecified atom stereocenters. The molecule has 1 aliphatic rings. The average Bonchev–Trinajstić information content (AvgIpc) is 2.06. The van der Waals surface area contributed by atoms with Crippen LogP contribution in [0.25, 0.3) is 0 Å². The van der Waals surface area contributed by atoms with Crippen molar-refractivity contribution in [2.45, 2.75) is 6.61 Å². The molecule has 2 rings (SSSR count). The molecule has 0 saturated carbocycles. The molecule has 3 nitrogen and oxygen atoms in total. The van der Waals surface area contributed by atoms with Gasteiger partial charge in [0.25, 0.3) is 5.91 Å². The molecule has 0 bridgehead atoms. The molecule has 0 atom stereocenters. The van der Waals surface area contributed by atoms with Crippen molar-refractivity contribution in [2.24, 2.45) is 0 Å². The van der Waals surface area contributed by atoms with Crippen LogP contribution in [0.1, 0.15) is 15.9 Å². The van der Waals surface area contributed by atoms with Crippen molar-refractivity contribution in [3.05, 3.63) is 35.4 Å². The van der Waals surface area contributed by atoms with Gasteiger partial charge in [0.05, 0.1) is 0 Å². The minimum absolute atomic E-state index is 0. The Labute approximate surface area is 113 Å². The Kier molecular flexibility index (Phi) is 3.89. The van der Waals surface area contributed by atoms with Gasteiger partial charge in [-0.15, -0.1) is 0 Å². The SMILES string of the molecule is O=C1NOCc2ccccc21.[K]. The first-order chi connectivity index (χ1) is 5.38. The largest absolute Gasteiger partial charge is 0.275 e. The van der Waals surface area contributed by atoms with Crippen LogP contribution in [0, 0.1) is 0 Å². The smallest absolute Gasteiger partial charge is 0.269 e. The summed E-state index contributed by atoms with van der Waals surface area (Å²) in [6.45, 7) is 0.460. The number of benzene rings is 1. The van der Waals surface area contributed by atoms with Gasteiger partial charge in [-0.25, -0.2) is 5.48 Å². The van der Waals surface area contributed by atoms with Gasteiger partial charge in [0.2, 0.25) is 0 Å². The second-order valence-corrected chi connectivity index (χ2v) is 2.38. The normalized spacial score (nSPS) is 14.2. The summed E-state index contributed by atoms with van der Waals surface area (Å²) >= 11 is 0. The average molecular weight is 188 g/mol. The van der Waals surface area contributed by atoms with Gasteiger partial charge >= 0.3 is 0 Å². The van der Waals surface area contributed by atoms with Crippen molar-refractivity contribution in [3.63, 3.8) is 0 Å². The molecule has 57 valence electrons. The monoisotopic (exact) mass is 188 g/mol. The molecule has 12 heavy (non-hydrogen) atoms. The zero-order chi connectivity index (χ0) is 7.68. The van der Waals surface area contributed by atoms with Crippen LogP contribution >= 0.6 is 0 Å². The van der Waals surface area contributed by atoms with Crippen molar-refractivity contribution < 1.29 is 9.63 Å². The van der Waals surface area contributed by atoms with E-state index in [4.69, 9.17) is 4.84 Å². The quantitative estimate of drug-likeness (QED) is 0.601. The fourth-order valence-corrected chi connectivity index (χ4v) is 1.10. The standard InChI is InChI=1S/C8H7NO2.K/c10-8-7-4-2-1-3-6(7)5-11-9-8;/h1-4H,5H2,(H,9,10);. The molecule has 4 heteroatoms. The van der Waals surface area contributed by atoms with Crippen LogP contribution in [-0.2, 0) is 11.4 Å². The van der Waals surface area contributed by atoms with Crippen molar-refractivity contribution in [3.8, 4) is 0 Å². The fraction of sp³-hybridized carbons (Fsp3) is 0.125. The molecule has 0 spiro atoms. The van der Waals surface area contributed by atoms with Crippen molar-refractivity contribution in [1.82, 2.24) is 5.48 Å². The first-order valence-electron chi connectivity index (χ1n) is 3.38. The van der Waals surface area contributed by atoms with E-state index in [1.165, 1.54) is 0 Å². The minimum atomic E-state index is -0.160. The molecule has 1 aromatic rings. The van der Waals surface area contributed by atoms with E-state index < -0.39 is 0 Å². The number of rotatable bonds is 0. The van der Waals surface area contributed by atoms with E-state index in [1.54, 1.807) is 6.07 Å². The number of carbonyl (C=O) groups is 1. The van der Waals surface area contributed by atoms with Gasteiger partial charge < -0.3 is 0 Å². The zero-order valence-corrected chi connectivity index (χ0v) is 9.96. The van der Waals surface area contributed by atoms with Crippen molar-refractivity contribution in [1.29, 1.82) is 0 Å². The van der Waals surface area contributed by atoms with Gasteiger partial charge in [-0.3, -0.25) is 9.63 Å². The van der Waals surface area contributed by atoms with Gasteiger partial charge in [0.1, 0.15) is 6.61 Å². The van der Waals surface area contributed by atoms with Crippen LogP contribution in [0.15, 0.2) is 24.3 Å². The van der Waals surface area contributed by atoms with E-state index in [9.17, 15) is 4.79 Å². The number of fused-ring (bicyclic) bond motifs is 1. The molecule has 0 saturated heterocycles. The molecule has 1 aromatic carbocycles. The molecule has 1 aliphatic heterocycles. The first-order valence-corrected chi connectivity index (χ1v) is 3.38. The summed E-state index contributed by atoms with van der Waals surface area (Å²) in [4.78, 5) is 15.9. The van der Waals surface area contributed by atoms with E-state index >= 15 is 0 Å². The van der Waals surface area contributed by atoms with Crippen LogP contribution < -0.4 is 5.48 Å². The topological polar surface area (TPSA) is 38.3 Å². The second-order valence-electron chi connectivity index (χ2n) is 2.38. The molecule has 0 aromatic heterocycles. The van der Waals surface area contributed by atoms with E-state index in [0.717, 1.165) is 5.56 Å². The predicted octanol–water partition coefficient (Wildman–Crippen LogP) is 0.481. The number of hydroxylamine groups is 1. The van der Waals surface area contributed by atoms with Gasteiger partial charge in [-0.05, 0) is 11.6 Å². The van der Waals surface area contributed by atoms with Crippen LogP contribution in [-0.4, -0.2) is 57.3 Å². The Bertz CT molecular complexity index is 301. The molecule has 0 aliphatic carbocycles. The third kappa shape index (κ3) is 1.96. The Balaban J connectivity index is 0.000000720. The number of nitrogens with one attached hydrogen (secondary N) is 1. The van der Waals surface area contributed by atoms with E-state index in [-0.39, 0.29) is 57.3 Å².